The molecule has 1 aromatic rings. The van der Waals surface area contributed by atoms with Gasteiger partial charge in [0.05, 0.1) is 11.0 Å². The second kappa shape index (κ2) is 5.99. The van der Waals surface area contributed by atoms with Crippen LogP contribution in [-0.4, -0.2) is 11.5 Å². The van der Waals surface area contributed by atoms with Crippen molar-refractivity contribution in [3.8, 4) is 0 Å². The first kappa shape index (κ1) is 13.8. The number of benzene rings is 1. The molecule has 1 N–H and O–H groups in total. The van der Waals surface area contributed by atoms with Crippen LogP contribution in [-0.2, 0) is 0 Å². The minimum Gasteiger partial charge on any atom is -0.384 e. The van der Waals surface area contributed by atoms with Crippen LogP contribution in [0.2, 0.25) is 0 Å². The third-order valence-corrected chi connectivity index (χ3v) is 3.95. The molecule has 4 nitrogen and oxygen atoms in total. The number of nitro benzene ring substituents is 1. The Labute approximate surface area is 112 Å². The molecule has 104 valence electrons. The van der Waals surface area contributed by atoms with Crippen molar-refractivity contribution in [2.45, 2.75) is 32.6 Å². The van der Waals surface area contributed by atoms with Crippen LogP contribution in [0.25, 0.3) is 0 Å². The number of rotatable bonds is 4. The summed E-state index contributed by atoms with van der Waals surface area (Å²) < 4.78 is 13.3. The van der Waals surface area contributed by atoms with Gasteiger partial charge in [0.1, 0.15) is 5.82 Å². The van der Waals surface area contributed by atoms with Gasteiger partial charge in [-0.3, -0.25) is 10.1 Å². The van der Waals surface area contributed by atoms with Crippen LogP contribution in [0.4, 0.5) is 15.8 Å². The van der Waals surface area contributed by atoms with Gasteiger partial charge in [0.15, 0.2) is 0 Å². The van der Waals surface area contributed by atoms with Crippen molar-refractivity contribution in [1.82, 2.24) is 0 Å². The minimum atomic E-state index is -0.576. The molecule has 0 aromatic heterocycles. The molecule has 1 fully saturated rings. The van der Waals surface area contributed by atoms with E-state index >= 15 is 0 Å². The van der Waals surface area contributed by atoms with Gasteiger partial charge >= 0.3 is 0 Å². The molecule has 1 aliphatic rings. The van der Waals surface area contributed by atoms with Crippen molar-refractivity contribution in [2.24, 2.45) is 11.8 Å². The molecule has 1 aromatic carbocycles. The summed E-state index contributed by atoms with van der Waals surface area (Å²) >= 11 is 0. The first-order valence-corrected chi connectivity index (χ1v) is 6.75. The van der Waals surface area contributed by atoms with Gasteiger partial charge in [-0.05, 0) is 24.3 Å². The Morgan fingerprint density at radius 2 is 2.11 bits per heavy atom. The lowest BCUT2D eigenvalue weighted by Crippen LogP contribution is -2.24. The van der Waals surface area contributed by atoms with Crippen molar-refractivity contribution < 1.29 is 9.31 Å². The van der Waals surface area contributed by atoms with E-state index in [0.29, 0.717) is 17.5 Å². The van der Waals surface area contributed by atoms with E-state index in [-0.39, 0.29) is 5.69 Å². The van der Waals surface area contributed by atoms with Crippen molar-refractivity contribution in [1.29, 1.82) is 0 Å². The average molecular weight is 266 g/mol. The maximum Gasteiger partial charge on any atom is 0.274 e. The topological polar surface area (TPSA) is 55.2 Å². The smallest absolute Gasteiger partial charge is 0.274 e. The summed E-state index contributed by atoms with van der Waals surface area (Å²) in [7, 11) is 0. The predicted molar refractivity (Wildman–Crippen MR) is 72.7 cm³/mol. The maximum atomic E-state index is 13.3. The Morgan fingerprint density at radius 3 is 2.79 bits per heavy atom. The van der Waals surface area contributed by atoms with E-state index in [4.69, 9.17) is 0 Å². The van der Waals surface area contributed by atoms with E-state index in [1.54, 1.807) is 0 Å². The first-order chi connectivity index (χ1) is 9.06. The second-order valence-corrected chi connectivity index (χ2v) is 5.36. The summed E-state index contributed by atoms with van der Waals surface area (Å²) in [6.45, 7) is 2.99. The van der Waals surface area contributed by atoms with Gasteiger partial charge in [-0.1, -0.05) is 26.2 Å². The van der Waals surface area contributed by atoms with Crippen molar-refractivity contribution in [3.05, 3.63) is 34.1 Å². The van der Waals surface area contributed by atoms with E-state index in [9.17, 15) is 14.5 Å². The van der Waals surface area contributed by atoms with Gasteiger partial charge in [-0.15, -0.1) is 0 Å². The van der Waals surface area contributed by atoms with Gasteiger partial charge < -0.3 is 5.32 Å². The third kappa shape index (κ3) is 3.66. The minimum absolute atomic E-state index is 0.209. The molecule has 0 aliphatic heterocycles. The van der Waals surface area contributed by atoms with Gasteiger partial charge in [-0.2, -0.15) is 0 Å². The molecule has 0 saturated heterocycles. The van der Waals surface area contributed by atoms with E-state index in [1.807, 2.05) is 0 Å². The fourth-order valence-electron chi connectivity index (χ4n) is 2.73. The average Bonchev–Trinajstić information content (AvgIpc) is 2.37. The Kier molecular flexibility index (Phi) is 4.35. The molecule has 0 bridgehead atoms. The van der Waals surface area contributed by atoms with Gasteiger partial charge in [-0.25, -0.2) is 4.39 Å². The summed E-state index contributed by atoms with van der Waals surface area (Å²) in [5.41, 5.74) is 0.281. The lowest BCUT2D eigenvalue weighted by atomic mass is 9.80. The quantitative estimate of drug-likeness (QED) is 0.662. The zero-order chi connectivity index (χ0) is 13.8. The molecule has 1 aliphatic carbocycles. The normalized spacial score (nSPS) is 23.1. The van der Waals surface area contributed by atoms with E-state index in [2.05, 4.69) is 12.2 Å². The Bertz CT molecular complexity index is 465. The summed E-state index contributed by atoms with van der Waals surface area (Å²) in [4.78, 5) is 10.1. The Morgan fingerprint density at radius 1 is 1.37 bits per heavy atom. The molecule has 19 heavy (non-hydrogen) atoms. The lowest BCUT2D eigenvalue weighted by Gasteiger charge is -2.29. The molecule has 0 radical (unpaired) electrons. The zero-order valence-corrected chi connectivity index (χ0v) is 11.1. The first-order valence-electron chi connectivity index (χ1n) is 6.75. The molecule has 2 atom stereocenters. The van der Waals surface area contributed by atoms with Crippen LogP contribution >= 0.6 is 0 Å². The molecular weight excluding hydrogens is 247 g/mol. The van der Waals surface area contributed by atoms with E-state index in [0.717, 1.165) is 12.6 Å². The van der Waals surface area contributed by atoms with Crippen LogP contribution in [0.1, 0.15) is 32.6 Å². The van der Waals surface area contributed by atoms with Crippen LogP contribution in [0, 0.1) is 27.8 Å². The maximum absolute atomic E-state index is 13.3. The highest BCUT2D eigenvalue weighted by Crippen LogP contribution is 2.30. The van der Waals surface area contributed by atoms with Crippen LogP contribution < -0.4 is 5.32 Å². The molecule has 0 spiro atoms. The number of nitrogens with zero attached hydrogens (tertiary/aromatic N) is 1. The largest absolute Gasteiger partial charge is 0.384 e. The summed E-state index contributed by atoms with van der Waals surface area (Å²) in [5.74, 6) is 0.647. The third-order valence-electron chi connectivity index (χ3n) is 3.95. The van der Waals surface area contributed by atoms with Gasteiger partial charge in [0, 0.05) is 18.3 Å². The van der Waals surface area contributed by atoms with Crippen molar-refractivity contribution >= 4 is 11.4 Å². The highest BCUT2D eigenvalue weighted by Gasteiger charge is 2.21. The molecular formula is C14H19FN2O2. The summed E-state index contributed by atoms with van der Waals surface area (Å²) in [6.07, 6.45) is 4.92. The lowest BCUT2D eigenvalue weighted by molar-refractivity contribution is -0.385. The molecule has 0 heterocycles. The van der Waals surface area contributed by atoms with Crippen molar-refractivity contribution in [2.75, 3.05) is 11.9 Å². The number of hydrogen-bond acceptors (Lipinski definition) is 3. The molecule has 2 rings (SSSR count). The number of nitrogens with one attached hydrogen (secondary N) is 1. The SMILES string of the molecule is CC1CCCCC1CNc1cc(F)cc([N+](=O)[O-])c1. The Balaban J connectivity index is 2.00. The highest BCUT2D eigenvalue weighted by molar-refractivity contribution is 5.51. The fraction of sp³-hybridized carbons (Fsp3) is 0.571. The molecule has 5 heteroatoms. The number of anilines is 1. The molecule has 0 amide bonds. The fourth-order valence-corrected chi connectivity index (χ4v) is 2.73. The van der Waals surface area contributed by atoms with E-state index in [1.165, 1.54) is 37.8 Å². The Hall–Kier alpha value is -1.65. The van der Waals surface area contributed by atoms with Crippen molar-refractivity contribution in [3.63, 3.8) is 0 Å². The van der Waals surface area contributed by atoms with Gasteiger partial charge in [0.25, 0.3) is 5.69 Å². The highest BCUT2D eigenvalue weighted by atomic mass is 19.1. The van der Waals surface area contributed by atoms with E-state index < -0.39 is 10.7 Å². The monoisotopic (exact) mass is 266 g/mol. The number of hydrogen-bond donors (Lipinski definition) is 1. The summed E-state index contributed by atoms with van der Waals surface area (Å²) in [5, 5.41) is 13.8. The second-order valence-electron chi connectivity index (χ2n) is 5.36. The van der Waals surface area contributed by atoms with Gasteiger partial charge in [0.2, 0.25) is 0 Å². The predicted octanol–water partition coefficient (Wildman–Crippen LogP) is 3.97. The number of non-ortho nitro benzene ring substituents is 1. The standard InChI is InChI=1S/C14H19FN2O2/c1-10-4-2-3-5-11(10)9-16-13-6-12(15)7-14(8-13)17(18)19/h6-8,10-11,16H,2-5,9H2,1H3. The number of nitro groups is 1. The van der Waals surface area contributed by atoms with Crippen LogP contribution in [0.15, 0.2) is 18.2 Å². The molecule has 2 unspecified atom stereocenters. The van der Waals surface area contributed by atoms with Crippen LogP contribution in [0.3, 0.4) is 0 Å². The number of halogens is 1. The van der Waals surface area contributed by atoms with Crippen LogP contribution in [0.5, 0.6) is 0 Å². The molecule has 1 saturated carbocycles. The summed E-state index contributed by atoms with van der Waals surface area (Å²) in [6, 6.07) is 3.63. The zero-order valence-electron chi connectivity index (χ0n) is 11.1.